The van der Waals surface area contributed by atoms with Gasteiger partial charge < -0.3 is 15.9 Å². The van der Waals surface area contributed by atoms with Crippen molar-refractivity contribution in [1.29, 1.82) is 0 Å². The minimum Gasteiger partial charge on any atom is -0.390 e. The maximum atomic E-state index is 9.60. The summed E-state index contributed by atoms with van der Waals surface area (Å²) in [4.78, 5) is 0. The van der Waals surface area contributed by atoms with E-state index in [-0.39, 0.29) is 0 Å². The predicted octanol–water partition coefficient (Wildman–Crippen LogP) is 0.560. The standard InChI is InChI=1S/C10H15NO2/c1-7(12)10(13)9-5-3-2-4-8(9)6-11/h2-5,7,10,12-13H,6,11H2,1H3/t7-,10-/m0/s1. The summed E-state index contributed by atoms with van der Waals surface area (Å²) < 4.78 is 0. The summed E-state index contributed by atoms with van der Waals surface area (Å²) in [6.45, 7) is 1.93. The van der Waals surface area contributed by atoms with Gasteiger partial charge in [-0.05, 0) is 18.1 Å². The van der Waals surface area contributed by atoms with E-state index < -0.39 is 12.2 Å². The molecular formula is C10H15NO2. The molecule has 0 saturated heterocycles. The molecular weight excluding hydrogens is 166 g/mol. The highest BCUT2D eigenvalue weighted by Gasteiger charge is 2.15. The number of aliphatic hydroxyl groups excluding tert-OH is 2. The van der Waals surface area contributed by atoms with Gasteiger partial charge in [-0.1, -0.05) is 24.3 Å². The molecule has 0 unspecified atom stereocenters. The fourth-order valence-corrected chi connectivity index (χ4v) is 1.27. The molecule has 1 aromatic carbocycles. The monoisotopic (exact) mass is 181 g/mol. The topological polar surface area (TPSA) is 66.5 Å². The highest BCUT2D eigenvalue weighted by atomic mass is 16.3. The molecule has 0 bridgehead atoms. The third-order valence-corrected chi connectivity index (χ3v) is 2.05. The Labute approximate surface area is 77.8 Å². The van der Waals surface area contributed by atoms with Crippen LogP contribution in [0.15, 0.2) is 24.3 Å². The van der Waals surface area contributed by atoms with E-state index in [2.05, 4.69) is 0 Å². The molecule has 4 N–H and O–H groups in total. The lowest BCUT2D eigenvalue weighted by molar-refractivity contribution is 0.0300. The summed E-state index contributed by atoms with van der Waals surface area (Å²) in [5.74, 6) is 0. The van der Waals surface area contributed by atoms with Gasteiger partial charge in [0.2, 0.25) is 0 Å². The second-order valence-electron chi connectivity index (χ2n) is 3.09. The van der Waals surface area contributed by atoms with Crippen LogP contribution in [0.3, 0.4) is 0 Å². The molecule has 0 aliphatic carbocycles. The number of hydrogen-bond acceptors (Lipinski definition) is 3. The molecule has 0 aromatic heterocycles. The van der Waals surface area contributed by atoms with Crippen LogP contribution in [0.2, 0.25) is 0 Å². The fraction of sp³-hybridized carbons (Fsp3) is 0.400. The molecule has 0 fully saturated rings. The Balaban J connectivity index is 2.98. The molecule has 13 heavy (non-hydrogen) atoms. The van der Waals surface area contributed by atoms with Crippen molar-refractivity contribution in [3.05, 3.63) is 35.4 Å². The number of rotatable bonds is 3. The molecule has 3 nitrogen and oxygen atoms in total. The summed E-state index contributed by atoms with van der Waals surface area (Å²) in [5.41, 5.74) is 7.08. The van der Waals surface area contributed by atoms with Crippen molar-refractivity contribution >= 4 is 0 Å². The van der Waals surface area contributed by atoms with E-state index in [1.807, 2.05) is 18.2 Å². The van der Waals surface area contributed by atoms with Crippen molar-refractivity contribution in [3.63, 3.8) is 0 Å². The van der Waals surface area contributed by atoms with Gasteiger partial charge in [0.05, 0.1) is 6.10 Å². The average Bonchev–Trinajstić information content (AvgIpc) is 2.16. The Morgan fingerprint density at radius 1 is 1.31 bits per heavy atom. The highest BCUT2D eigenvalue weighted by molar-refractivity contribution is 5.29. The molecule has 2 atom stereocenters. The Hall–Kier alpha value is -0.900. The number of hydrogen-bond donors (Lipinski definition) is 3. The summed E-state index contributed by atoms with van der Waals surface area (Å²) in [6, 6.07) is 7.31. The van der Waals surface area contributed by atoms with Crippen molar-refractivity contribution in [2.45, 2.75) is 25.7 Å². The Bertz CT molecular complexity index is 273. The lowest BCUT2D eigenvalue weighted by atomic mass is 9.99. The Kier molecular flexibility index (Phi) is 3.42. The summed E-state index contributed by atoms with van der Waals surface area (Å²) >= 11 is 0. The first-order valence-electron chi connectivity index (χ1n) is 4.30. The van der Waals surface area contributed by atoms with Crippen LogP contribution in [0.4, 0.5) is 0 Å². The molecule has 0 spiro atoms. The second-order valence-corrected chi connectivity index (χ2v) is 3.09. The van der Waals surface area contributed by atoms with Crippen molar-refractivity contribution in [1.82, 2.24) is 0 Å². The first-order chi connectivity index (χ1) is 6.16. The number of nitrogens with two attached hydrogens (primary N) is 1. The van der Waals surface area contributed by atoms with Crippen LogP contribution in [-0.4, -0.2) is 16.3 Å². The smallest absolute Gasteiger partial charge is 0.105 e. The van der Waals surface area contributed by atoms with Crippen LogP contribution in [0.5, 0.6) is 0 Å². The average molecular weight is 181 g/mol. The summed E-state index contributed by atoms with van der Waals surface area (Å²) in [7, 11) is 0. The first-order valence-corrected chi connectivity index (χ1v) is 4.30. The quantitative estimate of drug-likeness (QED) is 0.638. The minimum atomic E-state index is -0.847. The maximum Gasteiger partial charge on any atom is 0.105 e. The van der Waals surface area contributed by atoms with Crippen LogP contribution >= 0.6 is 0 Å². The van der Waals surface area contributed by atoms with E-state index in [0.29, 0.717) is 12.1 Å². The van der Waals surface area contributed by atoms with Gasteiger partial charge in [-0.2, -0.15) is 0 Å². The maximum absolute atomic E-state index is 9.60. The molecule has 0 heterocycles. The van der Waals surface area contributed by atoms with E-state index in [1.54, 1.807) is 13.0 Å². The molecule has 0 aliphatic heterocycles. The van der Waals surface area contributed by atoms with Crippen LogP contribution in [0.1, 0.15) is 24.2 Å². The van der Waals surface area contributed by atoms with Gasteiger partial charge in [0.15, 0.2) is 0 Å². The third kappa shape index (κ3) is 2.28. The van der Waals surface area contributed by atoms with Crippen LogP contribution in [-0.2, 0) is 6.54 Å². The largest absolute Gasteiger partial charge is 0.390 e. The lowest BCUT2D eigenvalue weighted by Crippen LogP contribution is -2.16. The van der Waals surface area contributed by atoms with E-state index in [1.165, 1.54) is 0 Å². The molecule has 0 aliphatic rings. The fourth-order valence-electron chi connectivity index (χ4n) is 1.27. The zero-order valence-electron chi connectivity index (χ0n) is 7.64. The molecule has 72 valence electrons. The highest BCUT2D eigenvalue weighted by Crippen LogP contribution is 2.20. The first kappa shape index (κ1) is 10.2. The molecule has 0 radical (unpaired) electrons. The van der Waals surface area contributed by atoms with Crippen molar-refractivity contribution < 1.29 is 10.2 Å². The van der Waals surface area contributed by atoms with Crippen molar-refractivity contribution in [2.24, 2.45) is 5.73 Å². The van der Waals surface area contributed by atoms with E-state index in [0.717, 1.165) is 5.56 Å². The Morgan fingerprint density at radius 3 is 2.46 bits per heavy atom. The molecule has 1 aromatic rings. The molecule has 0 saturated carbocycles. The summed E-state index contributed by atoms with van der Waals surface area (Å²) in [6.07, 6.45) is -1.62. The second kappa shape index (κ2) is 4.37. The normalized spacial score (nSPS) is 15.4. The van der Waals surface area contributed by atoms with Gasteiger partial charge in [-0.15, -0.1) is 0 Å². The molecule has 1 rings (SSSR count). The van der Waals surface area contributed by atoms with Gasteiger partial charge in [-0.3, -0.25) is 0 Å². The van der Waals surface area contributed by atoms with Crippen LogP contribution in [0, 0.1) is 0 Å². The minimum absolute atomic E-state index is 0.375. The SMILES string of the molecule is C[C@H](O)[C@H](O)c1ccccc1CN. The zero-order chi connectivity index (χ0) is 9.84. The molecule has 0 amide bonds. The lowest BCUT2D eigenvalue weighted by Gasteiger charge is -2.16. The van der Waals surface area contributed by atoms with Gasteiger partial charge in [0, 0.05) is 6.54 Å². The van der Waals surface area contributed by atoms with Gasteiger partial charge in [-0.25, -0.2) is 0 Å². The summed E-state index contributed by atoms with van der Waals surface area (Å²) in [5, 5.41) is 18.8. The van der Waals surface area contributed by atoms with Gasteiger partial charge >= 0.3 is 0 Å². The van der Waals surface area contributed by atoms with Gasteiger partial charge in [0.25, 0.3) is 0 Å². The number of benzene rings is 1. The number of aliphatic hydroxyl groups is 2. The molecule has 3 heteroatoms. The van der Waals surface area contributed by atoms with Crippen LogP contribution in [0.25, 0.3) is 0 Å². The zero-order valence-corrected chi connectivity index (χ0v) is 7.64. The van der Waals surface area contributed by atoms with Crippen molar-refractivity contribution in [3.8, 4) is 0 Å². The predicted molar refractivity (Wildman–Crippen MR) is 51.0 cm³/mol. The van der Waals surface area contributed by atoms with Crippen molar-refractivity contribution in [2.75, 3.05) is 0 Å². The van der Waals surface area contributed by atoms with Crippen LogP contribution < -0.4 is 5.73 Å². The van der Waals surface area contributed by atoms with E-state index in [9.17, 15) is 10.2 Å². The Morgan fingerprint density at radius 2 is 1.92 bits per heavy atom. The van der Waals surface area contributed by atoms with E-state index in [4.69, 9.17) is 5.73 Å². The third-order valence-electron chi connectivity index (χ3n) is 2.05. The van der Waals surface area contributed by atoms with Gasteiger partial charge in [0.1, 0.15) is 6.10 Å². The van der Waals surface area contributed by atoms with E-state index >= 15 is 0 Å².